The number of para-hydroxylation sites is 1. The highest BCUT2D eigenvalue weighted by molar-refractivity contribution is 7.89. The van der Waals surface area contributed by atoms with Gasteiger partial charge in [-0.15, -0.1) is 0 Å². The number of sulfonamides is 1. The second-order valence-corrected chi connectivity index (χ2v) is 10.6. The molecule has 0 saturated carbocycles. The summed E-state index contributed by atoms with van der Waals surface area (Å²) in [5, 5.41) is 9.45. The van der Waals surface area contributed by atoms with E-state index in [9.17, 15) is 13.2 Å². The van der Waals surface area contributed by atoms with Crippen molar-refractivity contribution in [1.29, 1.82) is 0 Å². The first-order valence-corrected chi connectivity index (χ1v) is 13.8. The maximum Gasteiger partial charge on any atom is 0.321 e. The number of nitrogens with zero attached hydrogens (tertiary/aromatic N) is 4. The van der Waals surface area contributed by atoms with Crippen LogP contribution in [0.3, 0.4) is 0 Å². The molecule has 194 valence electrons. The number of carbonyl (C=O) groups is 1. The number of urea groups is 1. The van der Waals surface area contributed by atoms with Crippen LogP contribution in [0.2, 0.25) is 0 Å². The molecule has 0 atom stereocenters. The van der Waals surface area contributed by atoms with Crippen LogP contribution < -0.4 is 25.6 Å². The normalized spacial score (nSPS) is 17.6. The Morgan fingerprint density at radius 1 is 0.946 bits per heavy atom. The fourth-order valence-corrected chi connectivity index (χ4v) is 5.41. The Kier molecular flexibility index (Phi) is 7.37. The molecule has 1 saturated heterocycles. The number of anilines is 5. The van der Waals surface area contributed by atoms with E-state index in [1.165, 1.54) is 0 Å². The number of fused-ring (bicyclic) bond motifs is 4. The predicted molar refractivity (Wildman–Crippen MR) is 144 cm³/mol. The molecule has 4 bridgehead atoms. The Labute approximate surface area is 216 Å². The molecule has 4 N–H and O–H groups in total. The molecule has 1 fully saturated rings. The number of carbonyl (C=O) groups excluding carboxylic acids is 1. The molecule has 12 heteroatoms. The maximum atomic E-state index is 12.7. The predicted octanol–water partition coefficient (Wildman–Crippen LogP) is 3.06. The average molecular weight is 523 g/mol. The van der Waals surface area contributed by atoms with Crippen molar-refractivity contribution in [1.82, 2.24) is 19.6 Å². The van der Waals surface area contributed by atoms with Crippen LogP contribution in [-0.2, 0) is 10.0 Å². The van der Waals surface area contributed by atoms with Gasteiger partial charge in [0.15, 0.2) is 5.82 Å². The van der Waals surface area contributed by atoms with E-state index in [1.54, 1.807) is 35.4 Å². The van der Waals surface area contributed by atoms with Crippen molar-refractivity contribution in [2.75, 3.05) is 60.1 Å². The summed E-state index contributed by atoms with van der Waals surface area (Å²) in [6.07, 6.45) is 3.22. The van der Waals surface area contributed by atoms with E-state index >= 15 is 0 Å². The fourth-order valence-electron chi connectivity index (χ4n) is 4.29. The summed E-state index contributed by atoms with van der Waals surface area (Å²) in [6.45, 7) is 3.44. The van der Waals surface area contributed by atoms with Gasteiger partial charge in [-0.25, -0.2) is 22.9 Å². The number of hydrogen-bond acceptors (Lipinski definition) is 8. The quantitative estimate of drug-likeness (QED) is 0.404. The minimum atomic E-state index is -3.58. The summed E-state index contributed by atoms with van der Waals surface area (Å²) in [7, 11) is -3.58. The molecule has 0 radical (unpaired) electrons. The van der Waals surface area contributed by atoms with Gasteiger partial charge in [-0.3, -0.25) is 0 Å². The van der Waals surface area contributed by atoms with Crippen LogP contribution in [0.5, 0.6) is 0 Å². The molecule has 11 nitrogen and oxygen atoms in total. The van der Waals surface area contributed by atoms with Crippen LogP contribution in [0.1, 0.15) is 12.8 Å². The lowest BCUT2D eigenvalue weighted by molar-refractivity contribution is 0.208. The molecular weight excluding hydrogens is 492 g/mol. The molecule has 5 rings (SSSR count). The number of nitrogens with one attached hydrogen (secondary N) is 4. The molecule has 2 amide bonds. The molecule has 1 aromatic heterocycles. The monoisotopic (exact) mass is 522 g/mol. The molecule has 0 aliphatic carbocycles. The Morgan fingerprint density at radius 2 is 1.73 bits per heavy atom. The summed E-state index contributed by atoms with van der Waals surface area (Å²) in [6, 6.07) is 15.9. The van der Waals surface area contributed by atoms with E-state index in [1.807, 2.05) is 30.3 Å². The molecule has 0 unspecified atom stereocenters. The van der Waals surface area contributed by atoms with Gasteiger partial charge >= 0.3 is 6.03 Å². The van der Waals surface area contributed by atoms with E-state index in [0.29, 0.717) is 63.1 Å². The van der Waals surface area contributed by atoms with Gasteiger partial charge in [-0.2, -0.15) is 4.98 Å². The van der Waals surface area contributed by atoms with Gasteiger partial charge in [0, 0.05) is 50.6 Å². The third-order valence-corrected chi connectivity index (χ3v) is 7.75. The molecule has 3 aromatic rings. The molecule has 0 spiro atoms. The zero-order valence-electron chi connectivity index (χ0n) is 20.4. The lowest BCUT2D eigenvalue weighted by Gasteiger charge is -2.36. The van der Waals surface area contributed by atoms with E-state index < -0.39 is 10.0 Å². The highest BCUT2D eigenvalue weighted by atomic mass is 32.2. The number of amides is 2. The van der Waals surface area contributed by atoms with E-state index in [-0.39, 0.29) is 10.9 Å². The highest BCUT2D eigenvalue weighted by Crippen LogP contribution is 2.27. The third kappa shape index (κ3) is 6.09. The first-order chi connectivity index (χ1) is 18.0. The maximum absolute atomic E-state index is 12.7. The summed E-state index contributed by atoms with van der Waals surface area (Å²) < 4.78 is 27.8. The van der Waals surface area contributed by atoms with Crippen molar-refractivity contribution < 1.29 is 13.2 Å². The van der Waals surface area contributed by atoms with Crippen LogP contribution in [0.4, 0.5) is 33.6 Å². The van der Waals surface area contributed by atoms with Crippen LogP contribution in [0, 0.1) is 0 Å². The lowest BCUT2D eigenvalue weighted by atomic mass is 10.2. The Morgan fingerprint density at radius 3 is 2.54 bits per heavy atom. The minimum Gasteiger partial charge on any atom is -0.368 e. The van der Waals surface area contributed by atoms with Gasteiger partial charge in [-0.05, 0) is 43.2 Å². The van der Waals surface area contributed by atoms with E-state index in [0.717, 1.165) is 17.8 Å². The smallest absolute Gasteiger partial charge is 0.321 e. The average Bonchev–Trinajstić information content (AvgIpc) is 2.91. The van der Waals surface area contributed by atoms with Gasteiger partial charge in [0.05, 0.1) is 16.8 Å². The third-order valence-electron chi connectivity index (χ3n) is 6.29. The molecular formula is C25H30N8O3S. The van der Waals surface area contributed by atoms with Crippen LogP contribution in [0.15, 0.2) is 65.7 Å². The molecule has 37 heavy (non-hydrogen) atoms. The topological polar surface area (TPSA) is 132 Å². The zero-order valence-corrected chi connectivity index (χ0v) is 21.2. The van der Waals surface area contributed by atoms with Gasteiger partial charge in [0.1, 0.15) is 0 Å². The Balaban J connectivity index is 1.31. The van der Waals surface area contributed by atoms with Crippen molar-refractivity contribution in [3.63, 3.8) is 0 Å². The molecule has 2 aliphatic rings. The van der Waals surface area contributed by atoms with Crippen molar-refractivity contribution in [2.24, 2.45) is 0 Å². The Bertz CT molecular complexity index is 1350. The van der Waals surface area contributed by atoms with Gasteiger partial charge in [-0.1, -0.05) is 24.3 Å². The molecule has 3 heterocycles. The minimum absolute atomic E-state index is 0.112. The standard InChI is InChI=1S/C25H30N8O3S/c34-25(30-19-7-2-1-3-8-19)33-15-13-32(14-16-33)22-18-27-24-29-20-9-6-10-21(17-20)37(35,36)28-12-5-4-11-26-23(22)31-24/h1-3,6-10,17-18,28H,4-5,11-16H2,(H,30,34)(H2,26,27,29,31). The lowest BCUT2D eigenvalue weighted by Crippen LogP contribution is -2.50. The number of piperazine rings is 1. The first kappa shape index (κ1) is 24.8. The van der Waals surface area contributed by atoms with Gasteiger partial charge < -0.3 is 25.8 Å². The van der Waals surface area contributed by atoms with Crippen molar-refractivity contribution in [3.8, 4) is 0 Å². The molecule has 2 aromatic carbocycles. The van der Waals surface area contributed by atoms with Gasteiger partial charge in [0.25, 0.3) is 0 Å². The SMILES string of the molecule is O=C(Nc1ccccc1)N1CCN(c2cnc3nc2NCCCCNS(=O)(=O)c2cccc(c2)N3)CC1. The summed E-state index contributed by atoms with van der Waals surface area (Å²) in [5.74, 6) is 1.07. The summed E-state index contributed by atoms with van der Waals surface area (Å²) >= 11 is 0. The number of rotatable bonds is 2. The van der Waals surface area contributed by atoms with Crippen molar-refractivity contribution in [3.05, 3.63) is 60.8 Å². The van der Waals surface area contributed by atoms with Gasteiger partial charge in [0.2, 0.25) is 16.0 Å². The van der Waals surface area contributed by atoms with Crippen molar-refractivity contribution >= 4 is 44.9 Å². The van der Waals surface area contributed by atoms with Crippen LogP contribution in [0.25, 0.3) is 0 Å². The fraction of sp³-hybridized carbons (Fsp3) is 0.320. The van der Waals surface area contributed by atoms with Crippen LogP contribution in [-0.4, -0.2) is 68.6 Å². The van der Waals surface area contributed by atoms with E-state index in [2.05, 4.69) is 30.6 Å². The van der Waals surface area contributed by atoms with Crippen molar-refractivity contribution in [2.45, 2.75) is 17.7 Å². The van der Waals surface area contributed by atoms with Crippen LogP contribution >= 0.6 is 0 Å². The summed E-state index contributed by atoms with van der Waals surface area (Å²) in [5.41, 5.74) is 2.22. The second-order valence-electron chi connectivity index (χ2n) is 8.88. The first-order valence-electron chi connectivity index (χ1n) is 12.3. The second kappa shape index (κ2) is 11.0. The number of benzene rings is 2. The zero-order chi connectivity index (χ0) is 25.7. The summed E-state index contributed by atoms with van der Waals surface area (Å²) in [4.78, 5) is 26.0. The largest absolute Gasteiger partial charge is 0.368 e. The number of aromatic nitrogens is 2. The van der Waals surface area contributed by atoms with E-state index in [4.69, 9.17) is 4.98 Å². The molecule has 2 aliphatic heterocycles. The highest BCUT2D eigenvalue weighted by Gasteiger charge is 2.24. The number of hydrogen-bond donors (Lipinski definition) is 4. The Hall–Kier alpha value is -3.90.